The van der Waals surface area contributed by atoms with Crippen LogP contribution in [-0.2, 0) is 14.8 Å². The Kier molecular flexibility index (Phi) is 3.77. The minimum atomic E-state index is -3.67. The van der Waals surface area contributed by atoms with Gasteiger partial charge < -0.3 is 11.1 Å². The molecule has 1 fully saturated rings. The van der Waals surface area contributed by atoms with Gasteiger partial charge in [-0.2, -0.15) is 4.31 Å². The molecule has 0 spiro atoms. The highest BCUT2D eigenvalue weighted by Crippen LogP contribution is 2.26. The highest BCUT2D eigenvalue weighted by molar-refractivity contribution is 7.89. The van der Waals surface area contributed by atoms with E-state index in [1.807, 2.05) is 0 Å². The maximum absolute atomic E-state index is 12.5. The molecule has 104 valence electrons. The predicted molar refractivity (Wildman–Crippen MR) is 71.8 cm³/mol. The molecular weight excluding hydrogens is 266 g/mol. The molecule has 0 bridgehead atoms. The van der Waals surface area contributed by atoms with Gasteiger partial charge in [0.25, 0.3) is 0 Å². The van der Waals surface area contributed by atoms with Crippen LogP contribution in [0.1, 0.15) is 12.8 Å². The average Bonchev–Trinajstić information content (AvgIpc) is 2.87. The van der Waals surface area contributed by atoms with Crippen LogP contribution in [0.4, 0.5) is 5.69 Å². The van der Waals surface area contributed by atoms with Crippen molar-refractivity contribution in [3.8, 4) is 0 Å². The molecule has 2 rings (SSSR count). The van der Waals surface area contributed by atoms with E-state index < -0.39 is 16.1 Å². The summed E-state index contributed by atoms with van der Waals surface area (Å²) in [7, 11) is -2.17. The maximum Gasteiger partial charge on any atom is 0.243 e. The fourth-order valence-electron chi connectivity index (χ4n) is 2.27. The summed E-state index contributed by atoms with van der Waals surface area (Å²) < 4.78 is 26.3. The number of nitrogens with zero attached hydrogens (tertiary/aromatic N) is 1. The zero-order valence-electron chi connectivity index (χ0n) is 10.7. The topological polar surface area (TPSA) is 92.5 Å². The molecule has 7 heteroatoms. The van der Waals surface area contributed by atoms with Gasteiger partial charge in [0.1, 0.15) is 6.04 Å². The molecule has 0 radical (unpaired) electrons. The first-order chi connectivity index (χ1) is 8.96. The molecule has 1 atom stereocenters. The monoisotopic (exact) mass is 283 g/mol. The minimum Gasteiger partial charge on any atom is -0.399 e. The molecule has 1 aliphatic rings. The largest absolute Gasteiger partial charge is 0.399 e. The number of nitrogen functional groups attached to an aromatic ring is 1. The number of nitrogens with two attached hydrogens (primary N) is 1. The van der Waals surface area contributed by atoms with Crippen molar-refractivity contribution < 1.29 is 13.2 Å². The van der Waals surface area contributed by atoms with Gasteiger partial charge in [-0.15, -0.1) is 0 Å². The Morgan fingerprint density at radius 1 is 1.47 bits per heavy atom. The number of likely N-dealkylation sites (N-methyl/N-ethyl adjacent to an activating group) is 1. The molecule has 1 aromatic carbocycles. The van der Waals surface area contributed by atoms with Crippen LogP contribution in [0.15, 0.2) is 29.2 Å². The van der Waals surface area contributed by atoms with Gasteiger partial charge in [-0.1, -0.05) is 6.07 Å². The second kappa shape index (κ2) is 5.18. The molecule has 1 saturated heterocycles. The number of sulfonamides is 1. The van der Waals surface area contributed by atoms with Gasteiger partial charge in [0.05, 0.1) is 4.90 Å². The van der Waals surface area contributed by atoms with E-state index in [1.54, 1.807) is 12.1 Å². The number of benzene rings is 1. The van der Waals surface area contributed by atoms with Crippen molar-refractivity contribution in [2.45, 2.75) is 23.8 Å². The smallest absolute Gasteiger partial charge is 0.243 e. The summed E-state index contributed by atoms with van der Waals surface area (Å²) in [5, 5.41) is 2.50. The van der Waals surface area contributed by atoms with Crippen LogP contribution in [0.5, 0.6) is 0 Å². The number of hydrogen-bond donors (Lipinski definition) is 2. The third-order valence-electron chi connectivity index (χ3n) is 3.22. The third kappa shape index (κ3) is 2.57. The Labute approximate surface area is 112 Å². The Morgan fingerprint density at radius 2 is 2.21 bits per heavy atom. The molecule has 6 nitrogen and oxygen atoms in total. The van der Waals surface area contributed by atoms with E-state index in [0.29, 0.717) is 25.1 Å². The quantitative estimate of drug-likeness (QED) is 0.773. The van der Waals surface area contributed by atoms with E-state index in [0.717, 1.165) is 0 Å². The van der Waals surface area contributed by atoms with Gasteiger partial charge >= 0.3 is 0 Å². The molecule has 0 aromatic heterocycles. The highest BCUT2D eigenvalue weighted by Gasteiger charge is 2.38. The number of anilines is 1. The van der Waals surface area contributed by atoms with Crippen molar-refractivity contribution in [1.29, 1.82) is 0 Å². The third-order valence-corrected chi connectivity index (χ3v) is 5.12. The second-order valence-corrected chi connectivity index (χ2v) is 6.35. The fraction of sp³-hybridized carbons (Fsp3) is 0.417. The number of amides is 1. The van der Waals surface area contributed by atoms with Crippen molar-refractivity contribution in [2.24, 2.45) is 0 Å². The molecule has 1 heterocycles. The molecular formula is C12H17N3O3S. The summed E-state index contributed by atoms with van der Waals surface area (Å²) in [6.45, 7) is 0.356. The molecule has 0 saturated carbocycles. The molecule has 1 aromatic rings. The van der Waals surface area contributed by atoms with Crippen molar-refractivity contribution in [1.82, 2.24) is 9.62 Å². The van der Waals surface area contributed by atoms with E-state index in [2.05, 4.69) is 5.32 Å². The lowest BCUT2D eigenvalue weighted by Crippen LogP contribution is -2.44. The minimum absolute atomic E-state index is 0.128. The van der Waals surface area contributed by atoms with Crippen LogP contribution < -0.4 is 11.1 Å². The number of rotatable bonds is 3. The number of hydrogen-bond acceptors (Lipinski definition) is 4. The van der Waals surface area contributed by atoms with Gasteiger partial charge in [0, 0.05) is 19.3 Å². The average molecular weight is 283 g/mol. The fourth-order valence-corrected chi connectivity index (χ4v) is 3.98. The van der Waals surface area contributed by atoms with Crippen LogP contribution in [0.3, 0.4) is 0 Å². The zero-order valence-corrected chi connectivity index (χ0v) is 11.5. The number of nitrogens with one attached hydrogen (secondary N) is 1. The standard InChI is InChI=1S/C12H17N3O3S/c1-14-12(16)11-6-3-7-15(11)19(17,18)10-5-2-4-9(13)8-10/h2,4-5,8,11H,3,6-7,13H2,1H3,(H,14,16). The Balaban J connectivity index is 2.36. The molecule has 1 unspecified atom stereocenters. The lowest BCUT2D eigenvalue weighted by atomic mass is 10.2. The van der Waals surface area contributed by atoms with E-state index in [1.165, 1.54) is 23.5 Å². The zero-order chi connectivity index (χ0) is 14.0. The van der Waals surface area contributed by atoms with Crippen molar-refractivity contribution in [2.75, 3.05) is 19.3 Å². The van der Waals surface area contributed by atoms with Crippen LogP contribution in [0.2, 0.25) is 0 Å². The van der Waals surface area contributed by atoms with Crippen LogP contribution in [0.25, 0.3) is 0 Å². The molecule has 3 N–H and O–H groups in total. The Bertz CT molecular complexity index is 586. The van der Waals surface area contributed by atoms with Crippen LogP contribution >= 0.6 is 0 Å². The van der Waals surface area contributed by atoms with E-state index in [-0.39, 0.29) is 10.8 Å². The summed E-state index contributed by atoms with van der Waals surface area (Å²) >= 11 is 0. The van der Waals surface area contributed by atoms with Crippen molar-refractivity contribution in [3.63, 3.8) is 0 Å². The first kappa shape index (κ1) is 13.8. The van der Waals surface area contributed by atoms with Gasteiger partial charge in [-0.3, -0.25) is 4.79 Å². The van der Waals surface area contributed by atoms with Gasteiger partial charge in [-0.05, 0) is 31.0 Å². The van der Waals surface area contributed by atoms with Gasteiger partial charge in [-0.25, -0.2) is 8.42 Å². The Morgan fingerprint density at radius 3 is 2.84 bits per heavy atom. The van der Waals surface area contributed by atoms with Crippen molar-refractivity contribution >= 4 is 21.6 Å². The molecule has 1 amide bonds. The van der Waals surface area contributed by atoms with E-state index in [4.69, 9.17) is 5.73 Å². The summed E-state index contributed by atoms with van der Waals surface area (Å²) in [5.41, 5.74) is 6.00. The Hall–Kier alpha value is -1.60. The lowest BCUT2D eigenvalue weighted by Gasteiger charge is -2.22. The molecule has 0 aliphatic carbocycles. The van der Waals surface area contributed by atoms with E-state index >= 15 is 0 Å². The van der Waals surface area contributed by atoms with Gasteiger partial charge in [0.2, 0.25) is 15.9 Å². The van der Waals surface area contributed by atoms with Gasteiger partial charge in [0.15, 0.2) is 0 Å². The second-order valence-electron chi connectivity index (χ2n) is 4.46. The predicted octanol–water partition coefficient (Wildman–Crippen LogP) is 0.168. The first-order valence-corrected chi connectivity index (χ1v) is 7.50. The lowest BCUT2D eigenvalue weighted by molar-refractivity contribution is -0.123. The normalized spacial score (nSPS) is 20.4. The molecule has 1 aliphatic heterocycles. The summed E-state index contributed by atoms with van der Waals surface area (Å²) in [4.78, 5) is 11.9. The summed E-state index contributed by atoms with van der Waals surface area (Å²) in [5.74, 6) is -0.273. The van der Waals surface area contributed by atoms with Crippen molar-refractivity contribution in [3.05, 3.63) is 24.3 Å². The SMILES string of the molecule is CNC(=O)C1CCCN1S(=O)(=O)c1cccc(N)c1. The number of carbonyl (C=O) groups is 1. The summed E-state index contributed by atoms with van der Waals surface area (Å²) in [6.07, 6.45) is 1.22. The molecule has 19 heavy (non-hydrogen) atoms. The van der Waals surface area contributed by atoms with Crippen LogP contribution in [0, 0.1) is 0 Å². The summed E-state index contributed by atoms with van der Waals surface area (Å²) in [6, 6.07) is 5.49. The van der Waals surface area contributed by atoms with E-state index in [9.17, 15) is 13.2 Å². The number of carbonyl (C=O) groups excluding carboxylic acids is 1. The maximum atomic E-state index is 12.5. The highest BCUT2D eigenvalue weighted by atomic mass is 32.2. The van der Waals surface area contributed by atoms with Crippen LogP contribution in [-0.4, -0.2) is 38.3 Å². The first-order valence-electron chi connectivity index (χ1n) is 6.06.